The van der Waals surface area contributed by atoms with E-state index >= 15 is 0 Å². The number of morpholine rings is 1. The van der Waals surface area contributed by atoms with E-state index in [0.717, 1.165) is 17.8 Å². The highest BCUT2D eigenvalue weighted by Gasteiger charge is 2.25. The van der Waals surface area contributed by atoms with E-state index in [2.05, 4.69) is 4.90 Å². The van der Waals surface area contributed by atoms with Gasteiger partial charge in [-0.3, -0.25) is 0 Å². The van der Waals surface area contributed by atoms with Crippen LogP contribution in [0.2, 0.25) is 5.02 Å². The van der Waals surface area contributed by atoms with Crippen LogP contribution in [0.1, 0.15) is 12.5 Å². The summed E-state index contributed by atoms with van der Waals surface area (Å²) in [6, 6.07) is 5.89. The van der Waals surface area contributed by atoms with Crippen LogP contribution in [0.5, 0.6) is 0 Å². The molecule has 18 heavy (non-hydrogen) atoms. The number of anilines is 1. The molecule has 0 saturated carbocycles. The van der Waals surface area contributed by atoms with Gasteiger partial charge in [-0.15, -0.1) is 0 Å². The molecule has 0 radical (unpaired) electrons. The van der Waals surface area contributed by atoms with E-state index in [4.69, 9.17) is 22.1 Å². The first-order chi connectivity index (χ1) is 8.63. The summed E-state index contributed by atoms with van der Waals surface area (Å²) >= 11 is 6.17. The van der Waals surface area contributed by atoms with Crippen LogP contribution in [-0.4, -0.2) is 37.0 Å². The van der Waals surface area contributed by atoms with E-state index in [1.54, 1.807) is 0 Å². The molecule has 4 nitrogen and oxygen atoms in total. The summed E-state index contributed by atoms with van der Waals surface area (Å²) in [6.07, 6.45) is -0.0365. The molecular formula is C13H19ClN2O2. The summed E-state index contributed by atoms with van der Waals surface area (Å²) in [6.45, 7) is 3.96. The first-order valence-corrected chi connectivity index (χ1v) is 6.51. The van der Waals surface area contributed by atoms with E-state index in [0.29, 0.717) is 18.1 Å². The SMILES string of the molecule is CC1CN(c2ccc(CN)c(Cl)c2)CC(CO)O1. The molecular weight excluding hydrogens is 252 g/mol. The van der Waals surface area contributed by atoms with Gasteiger partial charge in [0.25, 0.3) is 0 Å². The van der Waals surface area contributed by atoms with Crippen LogP contribution in [-0.2, 0) is 11.3 Å². The lowest BCUT2D eigenvalue weighted by atomic mass is 10.1. The van der Waals surface area contributed by atoms with Gasteiger partial charge in [-0.05, 0) is 24.6 Å². The number of benzene rings is 1. The Balaban J connectivity index is 2.17. The van der Waals surface area contributed by atoms with Gasteiger partial charge in [-0.25, -0.2) is 0 Å². The molecule has 100 valence electrons. The smallest absolute Gasteiger partial charge is 0.0984 e. The highest BCUT2D eigenvalue weighted by Crippen LogP contribution is 2.26. The molecule has 1 aliphatic heterocycles. The highest BCUT2D eigenvalue weighted by molar-refractivity contribution is 6.31. The van der Waals surface area contributed by atoms with Gasteiger partial charge in [0.15, 0.2) is 0 Å². The van der Waals surface area contributed by atoms with Crippen LogP contribution in [0.15, 0.2) is 18.2 Å². The van der Waals surface area contributed by atoms with Gasteiger partial charge in [-0.1, -0.05) is 17.7 Å². The van der Waals surface area contributed by atoms with E-state index < -0.39 is 0 Å². The third-order valence-corrected chi connectivity index (χ3v) is 3.50. The Morgan fingerprint density at radius 2 is 2.28 bits per heavy atom. The summed E-state index contributed by atoms with van der Waals surface area (Å²) in [7, 11) is 0. The number of ether oxygens (including phenoxy) is 1. The van der Waals surface area contributed by atoms with Crippen LogP contribution in [0, 0.1) is 0 Å². The van der Waals surface area contributed by atoms with Gasteiger partial charge in [0, 0.05) is 30.3 Å². The van der Waals surface area contributed by atoms with Crippen molar-refractivity contribution in [3.63, 3.8) is 0 Å². The topological polar surface area (TPSA) is 58.7 Å². The quantitative estimate of drug-likeness (QED) is 0.871. The van der Waals surface area contributed by atoms with Crippen molar-refractivity contribution in [2.45, 2.75) is 25.7 Å². The number of nitrogens with two attached hydrogens (primary N) is 1. The number of hydrogen-bond acceptors (Lipinski definition) is 4. The molecule has 1 heterocycles. The molecule has 3 N–H and O–H groups in total. The number of aliphatic hydroxyl groups excluding tert-OH is 1. The van der Waals surface area contributed by atoms with Gasteiger partial charge in [-0.2, -0.15) is 0 Å². The third kappa shape index (κ3) is 2.95. The van der Waals surface area contributed by atoms with Crippen LogP contribution in [0.3, 0.4) is 0 Å². The Hall–Kier alpha value is -0.810. The summed E-state index contributed by atoms with van der Waals surface area (Å²) < 4.78 is 5.62. The zero-order chi connectivity index (χ0) is 13.1. The number of hydrogen-bond donors (Lipinski definition) is 2. The number of nitrogens with zero attached hydrogens (tertiary/aromatic N) is 1. The second-order valence-electron chi connectivity index (χ2n) is 4.64. The second kappa shape index (κ2) is 5.89. The maximum atomic E-state index is 9.22. The van der Waals surface area contributed by atoms with E-state index in [1.807, 2.05) is 25.1 Å². The molecule has 1 saturated heterocycles. The fourth-order valence-corrected chi connectivity index (χ4v) is 2.51. The van der Waals surface area contributed by atoms with Crippen LogP contribution >= 0.6 is 11.6 Å². The Morgan fingerprint density at radius 3 is 2.89 bits per heavy atom. The zero-order valence-corrected chi connectivity index (χ0v) is 11.2. The van der Waals surface area contributed by atoms with E-state index in [-0.39, 0.29) is 18.8 Å². The lowest BCUT2D eigenvalue weighted by molar-refractivity contribution is -0.0421. The Bertz CT molecular complexity index is 414. The van der Waals surface area contributed by atoms with Crippen molar-refractivity contribution < 1.29 is 9.84 Å². The average Bonchev–Trinajstić information content (AvgIpc) is 2.37. The second-order valence-corrected chi connectivity index (χ2v) is 5.04. The van der Waals surface area contributed by atoms with Crippen molar-refractivity contribution in [2.24, 2.45) is 5.73 Å². The van der Waals surface area contributed by atoms with Crippen molar-refractivity contribution in [2.75, 3.05) is 24.6 Å². The monoisotopic (exact) mass is 270 g/mol. The Kier molecular flexibility index (Phi) is 4.45. The molecule has 0 spiro atoms. The molecule has 1 aromatic rings. The summed E-state index contributed by atoms with van der Waals surface area (Å²) in [4.78, 5) is 2.18. The van der Waals surface area contributed by atoms with Gasteiger partial charge < -0.3 is 20.5 Å². The molecule has 2 unspecified atom stereocenters. The molecule has 5 heteroatoms. The van der Waals surface area contributed by atoms with Gasteiger partial charge in [0.2, 0.25) is 0 Å². The number of halogens is 1. The lowest BCUT2D eigenvalue weighted by Crippen LogP contribution is -2.48. The molecule has 0 aromatic heterocycles. The van der Waals surface area contributed by atoms with Crippen LogP contribution in [0.25, 0.3) is 0 Å². The minimum Gasteiger partial charge on any atom is -0.394 e. The average molecular weight is 271 g/mol. The maximum Gasteiger partial charge on any atom is 0.0984 e. The highest BCUT2D eigenvalue weighted by atomic mass is 35.5. The van der Waals surface area contributed by atoms with Crippen molar-refractivity contribution in [3.05, 3.63) is 28.8 Å². The largest absolute Gasteiger partial charge is 0.394 e. The number of rotatable bonds is 3. The van der Waals surface area contributed by atoms with Crippen molar-refractivity contribution in [1.82, 2.24) is 0 Å². The minimum absolute atomic E-state index is 0.0372. The van der Waals surface area contributed by atoms with Gasteiger partial charge >= 0.3 is 0 Å². The van der Waals surface area contributed by atoms with E-state index in [1.165, 1.54) is 0 Å². The first kappa shape index (κ1) is 13.6. The predicted molar refractivity (Wildman–Crippen MR) is 73.0 cm³/mol. The summed E-state index contributed by atoms with van der Waals surface area (Å²) in [5, 5.41) is 9.91. The Morgan fingerprint density at radius 1 is 1.50 bits per heavy atom. The summed E-state index contributed by atoms with van der Waals surface area (Å²) in [5.74, 6) is 0. The van der Waals surface area contributed by atoms with Crippen molar-refractivity contribution in [1.29, 1.82) is 0 Å². The molecule has 0 bridgehead atoms. The fraction of sp³-hybridized carbons (Fsp3) is 0.538. The van der Waals surface area contributed by atoms with Crippen LogP contribution in [0.4, 0.5) is 5.69 Å². The number of aliphatic hydroxyl groups is 1. The van der Waals surface area contributed by atoms with Gasteiger partial charge in [0.1, 0.15) is 0 Å². The minimum atomic E-state index is -0.137. The predicted octanol–water partition coefficient (Wildman–Crippen LogP) is 1.38. The summed E-state index contributed by atoms with van der Waals surface area (Å²) in [5.41, 5.74) is 7.59. The first-order valence-electron chi connectivity index (χ1n) is 6.13. The standard InChI is InChI=1S/C13H19ClN2O2/c1-9-6-16(7-12(8-17)18-9)11-3-2-10(5-15)13(14)4-11/h2-4,9,12,17H,5-8,15H2,1H3. The molecule has 1 fully saturated rings. The molecule has 1 aliphatic rings. The fourth-order valence-electron chi connectivity index (χ4n) is 2.26. The van der Waals surface area contributed by atoms with E-state index in [9.17, 15) is 5.11 Å². The third-order valence-electron chi connectivity index (χ3n) is 3.15. The normalized spacial score (nSPS) is 24.3. The van der Waals surface area contributed by atoms with Crippen molar-refractivity contribution >= 4 is 17.3 Å². The molecule has 0 amide bonds. The molecule has 0 aliphatic carbocycles. The van der Waals surface area contributed by atoms with Crippen LogP contribution < -0.4 is 10.6 Å². The molecule has 2 rings (SSSR count). The molecule has 2 atom stereocenters. The Labute approximate surface area is 112 Å². The maximum absolute atomic E-state index is 9.22. The van der Waals surface area contributed by atoms with Crippen molar-refractivity contribution in [3.8, 4) is 0 Å². The molecule has 1 aromatic carbocycles. The lowest BCUT2D eigenvalue weighted by Gasteiger charge is -2.37. The zero-order valence-electron chi connectivity index (χ0n) is 10.5. The van der Waals surface area contributed by atoms with Gasteiger partial charge in [0.05, 0.1) is 18.8 Å².